The second-order valence-corrected chi connectivity index (χ2v) is 8.61. The van der Waals surface area contributed by atoms with Gasteiger partial charge in [0.05, 0.1) is 6.04 Å². The predicted octanol–water partition coefficient (Wildman–Crippen LogP) is 5.70. The SMILES string of the molecule is CN(c1ccccc1)C1c2ccccc2NC(=NCCCNCCCCN)C1(C)C.Cl.Cl.Cl. The van der Waals surface area contributed by atoms with E-state index in [4.69, 9.17) is 10.7 Å². The van der Waals surface area contributed by atoms with E-state index in [1.807, 2.05) is 0 Å². The van der Waals surface area contributed by atoms with Crippen LogP contribution in [0.15, 0.2) is 59.6 Å². The summed E-state index contributed by atoms with van der Waals surface area (Å²) in [5.74, 6) is 1.07. The summed E-state index contributed by atoms with van der Waals surface area (Å²) in [4.78, 5) is 7.40. The third-order valence-corrected chi connectivity index (χ3v) is 5.94. The average Bonchev–Trinajstić information content (AvgIpc) is 2.76. The van der Waals surface area contributed by atoms with E-state index in [-0.39, 0.29) is 48.7 Å². The Morgan fingerprint density at radius 3 is 2.27 bits per heavy atom. The summed E-state index contributed by atoms with van der Waals surface area (Å²) in [7, 11) is 2.19. The number of rotatable bonds is 10. The second kappa shape index (κ2) is 15.4. The first-order valence-electron chi connectivity index (χ1n) is 11.1. The Labute approximate surface area is 218 Å². The molecule has 1 aliphatic heterocycles. The highest BCUT2D eigenvalue weighted by Gasteiger charge is 2.43. The monoisotopic (exact) mass is 515 g/mol. The van der Waals surface area contributed by atoms with Crippen molar-refractivity contribution in [3.8, 4) is 0 Å². The smallest absolute Gasteiger partial charge is 0.109 e. The van der Waals surface area contributed by atoms with Crippen molar-refractivity contribution in [1.82, 2.24) is 5.32 Å². The van der Waals surface area contributed by atoms with Gasteiger partial charge in [0.2, 0.25) is 0 Å². The van der Waals surface area contributed by atoms with Gasteiger partial charge in [0, 0.05) is 30.4 Å². The number of halogens is 3. The van der Waals surface area contributed by atoms with E-state index in [9.17, 15) is 0 Å². The van der Waals surface area contributed by atoms with Crippen LogP contribution < -0.4 is 21.3 Å². The van der Waals surface area contributed by atoms with E-state index in [0.717, 1.165) is 57.0 Å². The minimum atomic E-state index is -0.145. The Morgan fingerprint density at radius 2 is 1.58 bits per heavy atom. The number of fused-ring (bicyclic) bond motifs is 1. The highest BCUT2D eigenvalue weighted by molar-refractivity contribution is 6.03. The number of hydrogen-bond acceptors (Lipinski definition) is 4. The molecule has 0 fully saturated rings. The molecule has 33 heavy (non-hydrogen) atoms. The first-order valence-corrected chi connectivity index (χ1v) is 11.1. The van der Waals surface area contributed by atoms with Gasteiger partial charge in [0.1, 0.15) is 5.84 Å². The van der Waals surface area contributed by atoms with Gasteiger partial charge >= 0.3 is 0 Å². The number of aliphatic imine (C=N–C) groups is 1. The lowest BCUT2D eigenvalue weighted by Crippen LogP contribution is -2.47. The summed E-state index contributed by atoms with van der Waals surface area (Å²) < 4.78 is 0. The van der Waals surface area contributed by atoms with Gasteiger partial charge < -0.3 is 21.3 Å². The molecular weight excluding hydrogens is 477 g/mol. The molecule has 1 aliphatic rings. The number of para-hydroxylation sites is 2. The maximum atomic E-state index is 5.55. The van der Waals surface area contributed by atoms with Gasteiger partial charge in [0.25, 0.3) is 0 Å². The minimum absolute atomic E-state index is 0. The molecule has 0 aliphatic carbocycles. The van der Waals surface area contributed by atoms with Crippen LogP contribution in [0.5, 0.6) is 0 Å². The van der Waals surface area contributed by atoms with Gasteiger partial charge in [-0.2, -0.15) is 0 Å². The van der Waals surface area contributed by atoms with Gasteiger partial charge in [-0.3, -0.25) is 4.99 Å². The Hall–Kier alpha value is -1.50. The highest BCUT2D eigenvalue weighted by atomic mass is 35.5. The quantitative estimate of drug-likeness (QED) is 0.354. The Bertz CT molecular complexity index is 830. The van der Waals surface area contributed by atoms with Crippen molar-refractivity contribution >= 4 is 54.4 Å². The number of nitrogens with zero attached hydrogens (tertiary/aromatic N) is 2. The molecule has 5 nitrogen and oxygen atoms in total. The maximum Gasteiger partial charge on any atom is 0.109 e. The number of nitrogens with one attached hydrogen (secondary N) is 2. The van der Waals surface area contributed by atoms with Crippen LogP contribution in [0, 0.1) is 5.41 Å². The number of anilines is 2. The van der Waals surface area contributed by atoms with Gasteiger partial charge in [-0.1, -0.05) is 50.2 Å². The Balaban J connectivity index is 0.00000341. The van der Waals surface area contributed by atoms with Crippen LogP contribution in [-0.2, 0) is 0 Å². The van der Waals surface area contributed by atoms with Crippen LogP contribution in [0.4, 0.5) is 11.4 Å². The van der Waals surface area contributed by atoms with E-state index >= 15 is 0 Å². The lowest BCUT2D eigenvalue weighted by molar-refractivity contribution is 0.392. The molecule has 0 spiro atoms. The van der Waals surface area contributed by atoms with Crippen molar-refractivity contribution in [1.29, 1.82) is 0 Å². The van der Waals surface area contributed by atoms with Crippen LogP contribution in [0.1, 0.15) is 44.7 Å². The fourth-order valence-corrected chi connectivity index (χ4v) is 4.32. The summed E-state index contributed by atoms with van der Waals surface area (Å²) in [6, 6.07) is 19.4. The summed E-state index contributed by atoms with van der Waals surface area (Å²) >= 11 is 0. The van der Waals surface area contributed by atoms with E-state index in [2.05, 4.69) is 91.0 Å². The number of amidine groups is 1. The largest absolute Gasteiger partial charge is 0.366 e. The molecule has 186 valence electrons. The van der Waals surface area contributed by atoms with Crippen molar-refractivity contribution < 1.29 is 0 Å². The highest BCUT2D eigenvalue weighted by Crippen LogP contribution is 2.47. The van der Waals surface area contributed by atoms with Gasteiger partial charge in [-0.05, 0) is 62.7 Å². The standard InChI is InChI=1S/C25H37N5.3ClH/c1-25(2)23(30(3)20-12-5-4-6-13-20)21-14-7-8-15-22(21)29-24(25)28-19-11-18-27-17-10-9-16-26;;;/h4-8,12-15,23,27H,9-11,16-19,26H2,1-3H3,(H,28,29);3*1H. The number of hydrogen-bond donors (Lipinski definition) is 3. The molecule has 4 N–H and O–H groups in total. The van der Waals surface area contributed by atoms with E-state index < -0.39 is 0 Å². The molecule has 2 aromatic rings. The van der Waals surface area contributed by atoms with Crippen LogP contribution in [0.2, 0.25) is 0 Å². The zero-order valence-corrected chi connectivity index (χ0v) is 22.4. The lowest BCUT2D eigenvalue weighted by Gasteiger charge is -2.46. The zero-order chi connectivity index (χ0) is 21.4. The molecular formula is C25H40Cl3N5. The number of nitrogens with two attached hydrogens (primary N) is 1. The first-order chi connectivity index (χ1) is 14.6. The lowest BCUT2D eigenvalue weighted by atomic mass is 9.75. The molecule has 0 aromatic heterocycles. The number of benzene rings is 2. The second-order valence-electron chi connectivity index (χ2n) is 8.61. The summed E-state index contributed by atoms with van der Waals surface area (Å²) in [6.07, 6.45) is 3.26. The normalized spacial score (nSPS) is 17.0. The molecule has 1 unspecified atom stereocenters. The minimum Gasteiger partial charge on any atom is -0.366 e. The fraction of sp³-hybridized carbons (Fsp3) is 0.480. The van der Waals surface area contributed by atoms with Crippen LogP contribution in [-0.4, -0.2) is 39.1 Å². The maximum absolute atomic E-state index is 5.55. The molecule has 0 saturated carbocycles. The predicted molar refractivity (Wildman–Crippen MR) is 151 cm³/mol. The van der Waals surface area contributed by atoms with Gasteiger partial charge in [-0.15, -0.1) is 37.2 Å². The molecule has 0 amide bonds. The van der Waals surface area contributed by atoms with Crippen LogP contribution >= 0.6 is 37.2 Å². The fourth-order valence-electron chi connectivity index (χ4n) is 4.32. The van der Waals surface area contributed by atoms with Gasteiger partial charge in [0.15, 0.2) is 0 Å². The average molecular weight is 517 g/mol. The van der Waals surface area contributed by atoms with Crippen LogP contribution in [0.3, 0.4) is 0 Å². The summed E-state index contributed by atoms with van der Waals surface area (Å²) in [6.45, 7) is 8.21. The molecule has 1 atom stereocenters. The molecule has 0 saturated heterocycles. The molecule has 2 aromatic carbocycles. The Kier molecular flexibility index (Phi) is 14.7. The van der Waals surface area contributed by atoms with Gasteiger partial charge in [-0.25, -0.2) is 0 Å². The zero-order valence-electron chi connectivity index (χ0n) is 19.9. The van der Waals surface area contributed by atoms with Crippen molar-refractivity contribution in [2.75, 3.05) is 43.4 Å². The van der Waals surface area contributed by atoms with E-state index in [1.54, 1.807) is 0 Å². The topological polar surface area (TPSA) is 65.7 Å². The molecule has 1 heterocycles. The third-order valence-electron chi connectivity index (χ3n) is 5.94. The van der Waals surface area contributed by atoms with E-state index in [0.29, 0.717) is 0 Å². The van der Waals surface area contributed by atoms with Crippen molar-refractivity contribution in [3.63, 3.8) is 0 Å². The molecule has 8 heteroatoms. The van der Waals surface area contributed by atoms with Crippen molar-refractivity contribution in [2.45, 2.75) is 39.2 Å². The third kappa shape index (κ3) is 8.04. The van der Waals surface area contributed by atoms with Crippen LogP contribution in [0.25, 0.3) is 0 Å². The summed E-state index contributed by atoms with van der Waals surface area (Å²) in [5, 5.41) is 7.12. The Morgan fingerprint density at radius 1 is 0.939 bits per heavy atom. The molecule has 0 bridgehead atoms. The van der Waals surface area contributed by atoms with Crippen molar-refractivity contribution in [3.05, 3.63) is 60.2 Å². The molecule has 3 rings (SSSR count). The summed E-state index contributed by atoms with van der Waals surface area (Å²) in [5.41, 5.74) is 9.09. The first kappa shape index (κ1) is 31.5. The van der Waals surface area contributed by atoms with Crippen molar-refractivity contribution in [2.24, 2.45) is 16.1 Å². The van der Waals surface area contributed by atoms with E-state index in [1.165, 1.54) is 11.3 Å². The molecule has 0 radical (unpaired) electrons. The number of unbranched alkanes of at least 4 members (excludes halogenated alkanes) is 1.